The summed E-state index contributed by atoms with van der Waals surface area (Å²) >= 11 is 0. The molecular weight excluding hydrogens is 206 g/mol. The van der Waals surface area contributed by atoms with Crippen LogP contribution in [0.1, 0.15) is 46.0 Å². The van der Waals surface area contributed by atoms with Gasteiger partial charge in [-0.15, -0.1) is 0 Å². The number of carbonyl (C=O) groups is 2. The lowest BCUT2D eigenvalue weighted by atomic mass is 10.1. The Morgan fingerprint density at radius 3 is 2.38 bits per heavy atom. The third-order valence-electron chi connectivity index (χ3n) is 3.14. The van der Waals surface area contributed by atoms with Crippen LogP contribution in [0, 0.1) is 5.92 Å². The number of aliphatic carboxylic acids is 1. The van der Waals surface area contributed by atoms with E-state index >= 15 is 0 Å². The van der Waals surface area contributed by atoms with Gasteiger partial charge in [0, 0.05) is 25.4 Å². The Balaban J connectivity index is 2.22. The minimum atomic E-state index is -0.782. The second-order valence-corrected chi connectivity index (χ2v) is 4.84. The Morgan fingerprint density at radius 1 is 1.25 bits per heavy atom. The summed E-state index contributed by atoms with van der Waals surface area (Å²) in [6.45, 7) is 5.10. The van der Waals surface area contributed by atoms with Gasteiger partial charge < -0.3 is 10.0 Å². The fourth-order valence-corrected chi connectivity index (χ4v) is 2.34. The summed E-state index contributed by atoms with van der Waals surface area (Å²) in [7, 11) is 0. The van der Waals surface area contributed by atoms with E-state index in [0.717, 1.165) is 13.0 Å². The van der Waals surface area contributed by atoms with Gasteiger partial charge in [0.15, 0.2) is 0 Å². The summed E-state index contributed by atoms with van der Waals surface area (Å²) in [4.78, 5) is 24.1. The van der Waals surface area contributed by atoms with Crippen molar-refractivity contribution in [2.75, 3.05) is 6.54 Å². The number of nitrogens with zero attached hydrogens (tertiary/aromatic N) is 1. The van der Waals surface area contributed by atoms with Gasteiger partial charge in [-0.2, -0.15) is 0 Å². The van der Waals surface area contributed by atoms with Gasteiger partial charge in [-0.05, 0) is 32.1 Å². The SMILES string of the molecule is CC1CC(C)N(C(=O)CCCCC(=O)O)C1. The Bertz CT molecular complexity index is 265. The van der Waals surface area contributed by atoms with Gasteiger partial charge in [-0.25, -0.2) is 0 Å². The van der Waals surface area contributed by atoms with Crippen molar-refractivity contribution >= 4 is 11.9 Å². The molecule has 1 amide bonds. The van der Waals surface area contributed by atoms with Crippen molar-refractivity contribution in [2.24, 2.45) is 5.92 Å². The fourth-order valence-electron chi connectivity index (χ4n) is 2.34. The van der Waals surface area contributed by atoms with Crippen molar-refractivity contribution in [1.29, 1.82) is 0 Å². The number of carbonyl (C=O) groups excluding carboxylic acids is 1. The molecule has 92 valence electrons. The average Bonchev–Trinajstić information content (AvgIpc) is 2.52. The maximum Gasteiger partial charge on any atom is 0.303 e. The molecule has 4 heteroatoms. The molecule has 4 nitrogen and oxygen atoms in total. The van der Waals surface area contributed by atoms with Crippen LogP contribution < -0.4 is 0 Å². The minimum absolute atomic E-state index is 0.166. The van der Waals surface area contributed by atoms with Crippen LogP contribution in [0.2, 0.25) is 0 Å². The number of likely N-dealkylation sites (tertiary alicyclic amines) is 1. The van der Waals surface area contributed by atoms with Crippen LogP contribution in [0.5, 0.6) is 0 Å². The molecule has 1 saturated heterocycles. The van der Waals surface area contributed by atoms with Gasteiger partial charge >= 0.3 is 5.97 Å². The first-order valence-electron chi connectivity index (χ1n) is 6.02. The monoisotopic (exact) mass is 227 g/mol. The van der Waals surface area contributed by atoms with E-state index in [-0.39, 0.29) is 12.3 Å². The molecule has 2 unspecified atom stereocenters. The number of hydrogen-bond acceptors (Lipinski definition) is 2. The Hall–Kier alpha value is -1.06. The van der Waals surface area contributed by atoms with E-state index in [1.165, 1.54) is 0 Å². The molecule has 0 aliphatic carbocycles. The largest absolute Gasteiger partial charge is 0.481 e. The molecular formula is C12H21NO3. The molecule has 0 saturated carbocycles. The normalized spacial score (nSPS) is 24.8. The second-order valence-electron chi connectivity index (χ2n) is 4.84. The van der Waals surface area contributed by atoms with Crippen LogP contribution >= 0.6 is 0 Å². The van der Waals surface area contributed by atoms with Crippen molar-refractivity contribution < 1.29 is 14.7 Å². The molecule has 1 N–H and O–H groups in total. The number of unbranched alkanes of at least 4 members (excludes halogenated alkanes) is 1. The molecule has 0 aromatic carbocycles. The van der Waals surface area contributed by atoms with Crippen molar-refractivity contribution in [3.8, 4) is 0 Å². The molecule has 1 fully saturated rings. The predicted octanol–water partition coefficient (Wildman–Crippen LogP) is 1.89. The van der Waals surface area contributed by atoms with Crippen LogP contribution in [0.4, 0.5) is 0 Å². The first kappa shape index (κ1) is 13.0. The van der Waals surface area contributed by atoms with E-state index in [4.69, 9.17) is 5.11 Å². The van der Waals surface area contributed by atoms with Crippen molar-refractivity contribution in [3.63, 3.8) is 0 Å². The topological polar surface area (TPSA) is 57.6 Å². The molecule has 1 rings (SSSR count). The highest BCUT2D eigenvalue weighted by Crippen LogP contribution is 2.23. The summed E-state index contributed by atoms with van der Waals surface area (Å²) < 4.78 is 0. The van der Waals surface area contributed by atoms with Crippen LogP contribution in [-0.2, 0) is 9.59 Å². The zero-order chi connectivity index (χ0) is 12.1. The Labute approximate surface area is 96.6 Å². The van der Waals surface area contributed by atoms with Crippen LogP contribution in [0.25, 0.3) is 0 Å². The van der Waals surface area contributed by atoms with Gasteiger partial charge in [0.25, 0.3) is 0 Å². The third kappa shape index (κ3) is 3.83. The lowest BCUT2D eigenvalue weighted by Gasteiger charge is -2.21. The maximum atomic E-state index is 11.8. The molecule has 1 aliphatic heterocycles. The quantitative estimate of drug-likeness (QED) is 0.730. The van der Waals surface area contributed by atoms with Gasteiger partial charge in [-0.1, -0.05) is 6.92 Å². The van der Waals surface area contributed by atoms with Gasteiger partial charge in [0.1, 0.15) is 0 Å². The molecule has 0 radical (unpaired) electrons. The summed E-state index contributed by atoms with van der Waals surface area (Å²) in [5.41, 5.74) is 0. The van der Waals surface area contributed by atoms with E-state index < -0.39 is 5.97 Å². The highest BCUT2D eigenvalue weighted by molar-refractivity contribution is 5.76. The molecule has 0 aromatic heterocycles. The molecule has 1 heterocycles. The van der Waals surface area contributed by atoms with Crippen molar-refractivity contribution in [2.45, 2.75) is 52.0 Å². The third-order valence-corrected chi connectivity index (χ3v) is 3.14. The lowest BCUT2D eigenvalue weighted by molar-refractivity contribution is -0.137. The number of hydrogen-bond donors (Lipinski definition) is 1. The smallest absolute Gasteiger partial charge is 0.303 e. The summed E-state index contributed by atoms with van der Waals surface area (Å²) in [6, 6.07) is 0.349. The van der Waals surface area contributed by atoms with Gasteiger partial charge in [-0.3, -0.25) is 9.59 Å². The molecule has 16 heavy (non-hydrogen) atoms. The van der Waals surface area contributed by atoms with E-state index in [0.29, 0.717) is 31.2 Å². The van der Waals surface area contributed by atoms with Gasteiger partial charge in [0.2, 0.25) is 5.91 Å². The van der Waals surface area contributed by atoms with Crippen LogP contribution in [-0.4, -0.2) is 34.5 Å². The minimum Gasteiger partial charge on any atom is -0.481 e. The number of carboxylic acids is 1. The number of amides is 1. The molecule has 0 aromatic rings. The molecule has 0 bridgehead atoms. The first-order valence-corrected chi connectivity index (χ1v) is 6.02. The Kier molecular flexibility index (Phi) is 4.77. The van der Waals surface area contributed by atoms with Crippen LogP contribution in [0.15, 0.2) is 0 Å². The van der Waals surface area contributed by atoms with E-state index in [2.05, 4.69) is 13.8 Å². The lowest BCUT2D eigenvalue weighted by Crippen LogP contribution is -2.33. The summed E-state index contributed by atoms with van der Waals surface area (Å²) in [5.74, 6) is -0.00387. The highest BCUT2D eigenvalue weighted by atomic mass is 16.4. The molecule has 2 atom stereocenters. The summed E-state index contributed by atoms with van der Waals surface area (Å²) in [6.07, 6.45) is 3.02. The van der Waals surface area contributed by atoms with E-state index in [1.54, 1.807) is 0 Å². The maximum absolute atomic E-state index is 11.8. The van der Waals surface area contributed by atoms with E-state index in [1.807, 2.05) is 4.90 Å². The van der Waals surface area contributed by atoms with Crippen LogP contribution in [0.3, 0.4) is 0 Å². The zero-order valence-electron chi connectivity index (χ0n) is 10.1. The van der Waals surface area contributed by atoms with Crippen molar-refractivity contribution in [1.82, 2.24) is 4.90 Å². The van der Waals surface area contributed by atoms with Crippen molar-refractivity contribution in [3.05, 3.63) is 0 Å². The van der Waals surface area contributed by atoms with E-state index in [9.17, 15) is 9.59 Å². The molecule has 0 spiro atoms. The molecule has 1 aliphatic rings. The van der Waals surface area contributed by atoms with Gasteiger partial charge in [0.05, 0.1) is 0 Å². The highest BCUT2D eigenvalue weighted by Gasteiger charge is 2.29. The summed E-state index contributed by atoms with van der Waals surface area (Å²) in [5, 5.41) is 8.47. The predicted molar refractivity (Wildman–Crippen MR) is 61.1 cm³/mol. The second kappa shape index (κ2) is 5.87. The fraction of sp³-hybridized carbons (Fsp3) is 0.833. The average molecular weight is 227 g/mol. The zero-order valence-corrected chi connectivity index (χ0v) is 10.1. The number of carboxylic acid groups (broad SMARTS) is 1. The standard InChI is InChI=1S/C12H21NO3/c1-9-7-10(2)13(8-9)11(14)5-3-4-6-12(15)16/h9-10H,3-8H2,1-2H3,(H,15,16). The number of rotatable bonds is 5. The first-order chi connectivity index (χ1) is 7.50. The Morgan fingerprint density at radius 2 is 1.88 bits per heavy atom.